The lowest BCUT2D eigenvalue weighted by Gasteiger charge is -2.32. The smallest absolute Gasteiger partial charge is 0.263 e. The van der Waals surface area contributed by atoms with E-state index in [-0.39, 0.29) is 5.56 Å². The molecule has 1 aliphatic heterocycles. The topological polar surface area (TPSA) is 38.1 Å². The number of thiophene rings is 1. The summed E-state index contributed by atoms with van der Waals surface area (Å²) in [7, 11) is 0. The van der Waals surface area contributed by atoms with Crippen LogP contribution < -0.4 is 10.5 Å². The summed E-state index contributed by atoms with van der Waals surface area (Å²) < 4.78 is 1.90. The molecule has 0 saturated carbocycles. The van der Waals surface area contributed by atoms with Crippen LogP contribution in [0.25, 0.3) is 10.2 Å². The standard InChI is InChI=1S/C18H25N3OS/c1-3-21-17(22)15-13-6-4-5-7-14(13)23-16(15)19-18(21)20-10-8-12(2)9-11-20/h12H,3-11H2,1-2H3. The lowest BCUT2D eigenvalue weighted by atomic mass is 9.97. The Morgan fingerprint density at radius 2 is 1.96 bits per heavy atom. The molecule has 0 radical (unpaired) electrons. The average Bonchev–Trinajstić information content (AvgIpc) is 2.94. The molecule has 0 aromatic carbocycles. The lowest BCUT2D eigenvalue weighted by Crippen LogP contribution is -2.38. The van der Waals surface area contributed by atoms with Gasteiger partial charge in [0, 0.05) is 24.5 Å². The maximum absolute atomic E-state index is 13.1. The van der Waals surface area contributed by atoms with Crippen molar-refractivity contribution < 1.29 is 0 Å². The molecule has 0 N–H and O–H groups in total. The van der Waals surface area contributed by atoms with Crippen molar-refractivity contribution in [2.24, 2.45) is 5.92 Å². The number of aromatic nitrogens is 2. The average molecular weight is 331 g/mol. The molecule has 1 fully saturated rings. The minimum absolute atomic E-state index is 0.186. The highest BCUT2D eigenvalue weighted by atomic mass is 32.1. The molecule has 5 heteroatoms. The minimum Gasteiger partial charge on any atom is -0.342 e. The fourth-order valence-electron chi connectivity index (χ4n) is 3.96. The van der Waals surface area contributed by atoms with E-state index in [0.29, 0.717) is 6.54 Å². The van der Waals surface area contributed by atoms with Gasteiger partial charge in [-0.3, -0.25) is 9.36 Å². The lowest BCUT2D eigenvalue weighted by molar-refractivity contribution is 0.430. The SMILES string of the molecule is CCn1c(N2CCC(C)CC2)nc2sc3c(c2c1=O)CCCC3. The Balaban J connectivity index is 1.86. The van der Waals surface area contributed by atoms with Gasteiger partial charge in [-0.15, -0.1) is 11.3 Å². The first kappa shape index (κ1) is 15.2. The fourth-order valence-corrected chi connectivity index (χ4v) is 5.21. The number of hydrogen-bond acceptors (Lipinski definition) is 4. The van der Waals surface area contributed by atoms with Gasteiger partial charge < -0.3 is 4.90 Å². The first-order chi connectivity index (χ1) is 11.2. The largest absolute Gasteiger partial charge is 0.342 e. The van der Waals surface area contributed by atoms with Crippen molar-refractivity contribution >= 4 is 27.5 Å². The van der Waals surface area contributed by atoms with Crippen molar-refractivity contribution in [1.82, 2.24) is 9.55 Å². The van der Waals surface area contributed by atoms with Gasteiger partial charge in [-0.2, -0.15) is 0 Å². The van der Waals surface area contributed by atoms with Crippen LogP contribution in [0.15, 0.2) is 4.79 Å². The third-order valence-electron chi connectivity index (χ3n) is 5.44. The van der Waals surface area contributed by atoms with E-state index in [0.717, 1.165) is 48.0 Å². The second kappa shape index (κ2) is 5.93. The molecule has 124 valence electrons. The maximum Gasteiger partial charge on any atom is 0.263 e. The van der Waals surface area contributed by atoms with E-state index in [4.69, 9.17) is 4.98 Å². The van der Waals surface area contributed by atoms with Gasteiger partial charge in [0.2, 0.25) is 5.95 Å². The number of anilines is 1. The van der Waals surface area contributed by atoms with Crippen molar-refractivity contribution in [3.8, 4) is 0 Å². The van der Waals surface area contributed by atoms with Gasteiger partial charge in [0.05, 0.1) is 5.39 Å². The molecule has 0 atom stereocenters. The van der Waals surface area contributed by atoms with E-state index in [2.05, 4.69) is 18.7 Å². The van der Waals surface area contributed by atoms with Gasteiger partial charge in [-0.05, 0) is 56.9 Å². The first-order valence-corrected chi connectivity index (χ1v) is 9.80. The summed E-state index contributed by atoms with van der Waals surface area (Å²) in [6, 6.07) is 0. The van der Waals surface area contributed by atoms with E-state index in [1.165, 1.54) is 36.1 Å². The van der Waals surface area contributed by atoms with Crippen LogP contribution in [0, 0.1) is 5.92 Å². The molecule has 2 aromatic heterocycles. The predicted octanol–water partition coefficient (Wildman–Crippen LogP) is 3.59. The maximum atomic E-state index is 13.1. The molecule has 3 heterocycles. The van der Waals surface area contributed by atoms with E-state index >= 15 is 0 Å². The highest BCUT2D eigenvalue weighted by molar-refractivity contribution is 7.18. The monoisotopic (exact) mass is 331 g/mol. The van der Waals surface area contributed by atoms with Crippen molar-refractivity contribution in [3.63, 3.8) is 0 Å². The van der Waals surface area contributed by atoms with Crippen LogP contribution in [-0.2, 0) is 19.4 Å². The Bertz CT molecular complexity index is 784. The molecule has 23 heavy (non-hydrogen) atoms. The number of piperidine rings is 1. The highest BCUT2D eigenvalue weighted by Crippen LogP contribution is 2.35. The Morgan fingerprint density at radius 3 is 2.70 bits per heavy atom. The Hall–Kier alpha value is -1.36. The van der Waals surface area contributed by atoms with Crippen LogP contribution in [-0.4, -0.2) is 22.6 Å². The van der Waals surface area contributed by atoms with Crippen LogP contribution in [0.2, 0.25) is 0 Å². The van der Waals surface area contributed by atoms with E-state index in [9.17, 15) is 4.79 Å². The molecular formula is C18H25N3OS. The van der Waals surface area contributed by atoms with E-state index < -0.39 is 0 Å². The molecule has 0 amide bonds. The summed E-state index contributed by atoms with van der Waals surface area (Å²) in [4.78, 5) is 22.8. The quantitative estimate of drug-likeness (QED) is 0.844. The second-order valence-electron chi connectivity index (χ2n) is 7.02. The molecule has 1 saturated heterocycles. The molecule has 1 aliphatic carbocycles. The summed E-state index contributed by atoms with van der Waals surface area (Å²) in [5, 5.41) is 0.917. The van der Waals surface area contributed by atoms with Gasteiger partial charge in [-0.1, -0.05) is 6.92 Å². The van der Waals surface area contributed by atoms with E-state index in [1.807, 2.05) is 4.57 Å². The molecule has 2 aromatic rings. The third kappa shape index (κ3) is 2.49. The Labute approximate surface area is 141 Å². The van der Waals surface area contributed by atoms with Gasteiger partial charge >= 0.3 is 0 Å². The fraction of sp³-hybridized carbons (Fsp3) is 0.667. The van der Waals surface area contributed by atoms with Crippen molar-refractivity contribution in [3.05, 3.63) is 20.8 Å². The molecule has 0 bridgehead atoms. The van der Waals surface area contributed by atoms with Crippen molar-refractivity contribution in [2.75, 3.05) is 18.0 Å². The number of rotatable bonds is 2. The van der Waals surface area contributed by atoms with Crippen LogP contribution in [0.1, 0.15) is 50.0 Å². The summed E-state index contributed by atoms with van der Waals surface area (Å²) in [6.07, 6.45) is 7.01. The normalized spacial score (nSPS) is 19.3. The summed E-state index contributed by atoms with van der Waals surface area (Å²) in [5.74, 6) is 1.68. The summed E-state index contributed by atoms with van der Waals surface area (Å²) in [5.41, 5.74) is 1.49. The third-order valence-corrected chi connectivity index (χ3v) is 6.62. The minimum atomic E-state index is 0.186. The molecule has 4 nitrogen and oxygen atoms in total. The zero-order valence-corrected chi connectivity index (χ0v) is 14.9. The summed E-state index contributed by atoms with van der Waals surface area (Å²) in [6.45, 7) is 7.11. The zero-order chi connectivity index (χ0) is 16.0. The molecule has 4 rings (SSSR count). The zero-order valence-electron chi connectivity index (χ0n) is 14.1. The molecule has 0 unspecified atom stereocenters. The van der Waals surface area contributed by atoms with Crippen molar-refractivity contribution in [2.45, 2.75) is 58.9 Å². The number of aryl methyl sites for hydroxylation is 2. The van der Waals surface area contributed by atoms with Gasteiger partial charge in [0.1, 0.15) is 4.83 Å². The van der Waals surface area contributed by atoms with Crippen LogP contribution in [0.3, 0.4) is 0 Å². The number of fused-ring (bicyclic) bond motifs is 3. The molecule has 2 aliphatic rings. The van der Waals surface area contributed by atoms with Crippen molar-refractivity contribution in [1.29, 1.82) is 0 Å². The van der Waals surface area contributed by atoms with Gasteiger partial charge in [-0.25, -0.2) is 4.98 Å². The van der Waals surface area contributed by atoms with Gasteiger partial charge in [0.25, 0.3) is 5.56 Å². The predicted molar refractivity (Wildman–Crippen MR) is 96.8 cm³/mol. The Kier molecular flexibility index (Phi) is 3.92. The first-order valence-electron chi connectivity index (χ1n) is 8.99. The van der Waals surface area contributed by atoms with Crippen LogP contribution >= 0.6 is 11.3 Å². The molecule has 0 spiro atoms. The summed E-state index contributed by atoms with van der Waals surface area (Å²) >= 11 is 1.76. The second-order valence-corrected chi connectivity index (χ2v) is 8.11. The van der Waals surface area contributed by atoms with Crippen LogP contribution in [0.4, 0.5) is 5.95 Å². The highest BCUT2D eigenvalue weighted by Gasteiger charge is 2.25. The Morgan fingerprint density at radius 1 is 1.22 bits per heavy atom. The molecular weight excluding hydrogens is 306 g/mol. The number of hydrogen-bond donors (Lipinski definition) is 0. The number of nitrogens with zero attached hydrogens (tertiary/aromatic N) is 3. The van der Waals surface area contributed by atoms with Gasteiger partial charge in [0.15, 0.2) is 0 Å². The van der Waals surface area contributed by atoms with E-state index in [1.54, 1.807) is 11.3 Å². The van der Waals surface area contributed by atoms with Crippen LogP contribution in [0.5, 0.6) is 0 Å².